The molecule has 2 bridgehead atoms. The lowest BCUT2D eigenvalue weighted by Crippen LogP contribution is -2.46. The van der Waals surface area contributed by atoms with E-state index in [0.29, 0.717) is 18.0 Å². The number of carbonyl (C=O) groups excluding carboxylic acids is 1. The lowest BCUT2D eigenvalue weighted by atomic mass is 10.2. The minimum Gasteiger partial charge on any atom is -0.335 e. The average molecular weight is 263 g/mol. The molecule has 2 aliphatic heterocycles. The molecule has 0 aromatic carbocycles. The predicted octanol–water partition coefficient (Wildman–Crippen LogP) is -0.122. The summed E-state index contributed by atoms with van der Waals surface area (Å²) in [5.41, 5.74) is 1.83. The molecule has 7 heteroatoms. The van der Waals surface area contributed by atoms with Gasteiger partial charge in [-0.3, -0.25) is 14.9 Å². The van der Waals surface area contributed by atoms with Crippen LogP contribution < -0.4 is 10.4 Å². The first-order valence-electron chi connectivity index (χ1n) is 6.50. The topological polar surface area (TPSA) is 81.6 Å². The van der Waals surface area contributed by atoms with Gasteiger partial charge in [0.1, 0.15) is 0 Å². The van der Waals surface area contributed by atoms with E-state index in [2.05, 4.69) is 26.7 Å². The van der Waals surface area contributed by atoms with Gasteiger partial charge in [0, 0.05) is 37.6 Å². The highest BCUT2D eigenvalue weighted by atomic mass is 16.5. The number of anilines is 1. The third-order valence-corrected chi connectivity index (χ3v) is 4.02. The summed E-state index contributed by atoms with van der Waals surface area (Å²) in [4.78, 5) is 24.3. The largest absolute Gasteiger partial charge is 0.335 e. The minimum atomic E-state index is -0.591. The molecule has 3 rings (SSSR count). The first-order valence-corrected chi connectivity index (χ1v) is 6.50. The zero-order valence-corrected chi connectivity index (χ0v) is 10.8. The lowest BCUT2D eigenvalue weighted by molar-refractivity contribution is 0.0705. The summed E-state index contributed by atoms with van der Waals surface area (Å²) < 4.78 is 0. The number of likely N-dealkylation sites (N-methyl/N-ethyl adjacent to an activating group) is 1. The second-order valence-electron chi connectivity index (χ2n) is 5.00. The number of rotatable bonds is 3. The number of aromatic nitrogens is 2. The molecule has 3 heterocycles. The minimum absolute atomic E-state index is 0.255. The van der Waals surface area contributed by atoms with Crippen molar-refractivity contribution in [1.82, 2.24) is 20.3 Å². The van der Waals surface area contributed by atoms with Gasteiger partial charge in [-0.2, -0.15) is 0 Å². The van der Waals surface area contributed by atoms with Crippen LogP contribution in [0.25, 0.3) is 0 Å². The van der Waals surface area contributed by atoms with Crippen molar-refractivity contribution in [1.29, 1.82) is 0 Å². The number of amides is 1. The first-order chi connectivity index (χ1) is 9.22. The van der Waals surface area contributed by atoms with Crippen molar-refractivity contribution in [2.75, 3.05) is 24.5 Å². The number of hydrogen-bond acceptors (Lipinski definition) is 6. The van der Waals surface area contributed by atoms with Gasteiger partial charge in [0.05, 0.1) is 5.56 Å². The molecule has 2 saturated heterocycles. The Kier molecular flexibility index (Phi) is 3.08. The second-order valence-corrected chi connectivity index (χ2v) is 5.00. The summed E-state index contributed by atoms with van der Waals surface area (Å²) in [7, 11) is 0. The first kappa shape index (κ1) is 12.3. The second kappa shape index (κ2) is 4.75. The standard InChI is InChI=1S/C12H17N5O2/c1-2-16-6-10-3-9(16)7-17(10)12-13-4-8(5-14-12)11(18)15-19/h4-5,9-10,19H,2-3,6-7H2,1H3,(H,15,18)/t9-,10-/m0/s1. The van der Waals surface area contributed by atoms with E-state index in [1.807, 2.05) is 0 Å². The normalized spacial score (nSPS) is 25.9. The Labute approximate surface area is 111 Å². The van der Waals surface area contributed by atoms with E-state index in [0.717, 1.165) is 26.1 Å². The molecule has 7 nitrogen and oxygen atoms in total. The van der Waals surface area contributed by atoms with Crippen LogP contribution in [0.5, 0.6) is 0 Å². The van der Waals surface area contributed by atoms with E-state index in [-0.39, 0.29) is 5.56 Å². The Morgan fingerprint density at radius 1 is 1.42 bits per heavy atom. The third kappa shape index (κ3) is 2.04. The molecule has 0 aliphatic carbocycles. The Morgan fingerprint density at radius 3 is 2.68 bits per heavy atom. The fraction of sp³-hybridized carbons (Fsp3) is 0.583. The molecule has 2 N–H and O–H groups in total. The Hall–Kier alpha value is -1.73. The van der Waals surface area contributed by atoms with Crippen LogP contribution >= 0.6 is 0 Å². The predicted molar refractivity (Wildman–Crippen MR) is 68.1 cm³/mol. The van der Waals surface area contributed by atoms with E-state index in [1.165, 1.54) is 12.4 Å². The number of nitrogens with one attached hydrogen (secondary N) is 1. The Balaban J connectivity index is 1.73. The van der Waals surface area contributed by atoms with Crippen molar-refractivity contribution in [3.8, 4) is 0 Å². The van der Waals surface area contributed by atoms with Crippen LogP contribution in [-0.4, -0.2) is 57.7 Å². The summed E-state index contributed by atoms with van der Waals surface area (Å²) in [5, 5.41) is 8.54. The Bertz CT molecular complexity index is 478. The van der Waals surface area contributed by atoms with Gasteiger partial charge in [-0.05, 0) is 13.0 Å². The molecule has 0 saturated carbocycles. The van der Waals surface area contributed by atoms with Gasteiger partial charge >= 0.3 is 0 Å². The summed E-state index contributed by atoms with van der Waals surface area (Å²) >= 11 is 0. The van der Waals surface area contributed by atoms with Gasteiger partial charge in [-0.15, -0.1) is 0 Å². The van der Waals surface area contributed by atoms with Crippen LogP contribution in [0.2, 0.25) is 0 Å². The van der Waals surface area contributed by atoms with Crippen molar-refractivity contribution >= 4 is 11.9 Å². The molecule has 0 spiro atoms. The van der Waals surface area contributed by atoms with Crippen LogP contribution in [0.15, 0.2) is 12.4 Å². The van der Waals surface area contributed by atoms with Crippen LogP contribution in [0.1, 0.15) is 23.7 Å². The molecular formula is C12H17N5O2. The zero-order chi connectivity index (χ0) is 13.4. The maximum absolute atomic E-state index is 11.2. The van der Waals surface area contributed by atoms with Gasteiger partial charge in [0.15, 0.2) is 0 Å². The highest BCUT2D eigenvalue weighted by Gasteiger charge is 2.43. The van der Waals surface area contributed by atoms with E-state index in [9.17, 15) is 4.79 Å². The van der Waals surface area contributed by atoms with Crippen LogP contribution in [-0.2, 0) is 0 Å². The van der Waals surface area contributed by atoms with Crippen LogP contribution in [0.3, 0.4) is 0 Å². The fourth-order valence-electron chi connectivity index (χ4n) is 3.03. The van der Waals surface area contributed by atoms with E-state index in [1.54, 1.807) is 5.48 Å². The lowest BCUT2D eigenvalue weighted by Gasteiger charge is -2.33. The SMILES string of the molecule is CCN1C[C@@H]2C[C@H]1CN2c1ncc(C(=O)NO)cn1. The molecule has 102 valence electrons. The van der Waals surface area contributed by atoms with Crippen LogP contribution in [0, 0.1) is 0 Å². The number of hydrogen-bond donors (Lipinski definition) is 2. The van der Waals surface area contributed by atoms with E-state index in [4.69, 9.17) is 5.21 Å². The maximum atomic E-state index is 11.2. The highest BCUT2D eigenvalue weighted by molar-refractivity contribution is 5.92. The zero-order valence-electron chi connectivity index (χ0n) is 10.8. The molecule has 0 unspecified atom stereocenters. The molecule has 1 aromatic heterocycles. The van der Waals surface area contributed by atoms with Crippen molar-refractivity contribution in [2.45, 2.75) is 25.4 Å². The fourth-order valence-corrected chi connectivity index (χ4v) is 3.03. The van der Waals surface area contributed by atoms with Gasteiger partial charge in [-0.25, -0.2) is 15.4 Å². The highest BCUT2D eigenvalue weighted by Crippen LogP contribution is 2.32. The van der Waals surface area contributed by atoms with Crippen molar-refractivity contribution < 1.29 is 10.0 Å². The number of hydroxylamine groups is 1. The van der Waals surface area contributed by atoms with Crippen molar-refractivity contribution in [3.63, 3.8) is 0 Å². The third-order valence-electron chi connectivity index (χ3n) is 4.02. The van der Waals surface area contributed by atoms with E-state index >= 15 is 0 Å². The summed E-state index contributed by atoms with van der Waals surface area (Å²) in [5.74, 6) is 0.0735. The number of carbonyl (C=O) groups is 1. The van der Waals surface area contributed by atoms with Crippen molar-refractivity contribution in [3.05, 3.63) is 18.0 Å². The molecule has 1 amide bonds. The summed E-state index contributed by atoms with van der Waals surface area (Å²) in [6.07, 6.45) is 4.05. The molecular weight excluding hydrogens is 246 g/mol. The molecule has 2 aliphatic rings. The van der Waals surface area contributed by atoms with Crippen LogP contribution in [0.4, 0.5) is 5.95 Å². The molecule has 0 radical (unpaired) electrons. The number of likely N-dealkylation sites (tertiary alicyclic amines) is 1. The van der Waals surface area contributed by atoms with E-state index < -0.39 is 5.91 Å². The molecule has 2 fully saturated rings. The van der Waals surface area contributed by atoms with Gasteiger partial charge in [-0.1, -0.05) is 6.92 Å². The number of nitrogens with zero attached hydrogens (tertiary/aromatic N) is 4. The number of piperazine rings is 1. The maximum Gasteiger partial charge on any atom is 0.277 e. The van der Waals surface area contributed by atoms with Gasteiger partial charge < -0.3 is 4.90 Å². The molecule has 19 heavy (non-hydrogen) atoms. The Morgan fingerprint density at radius 2 is 2.16 bits per heavy atom. The van der Waals surface area contributed by atoms with Gasteiger partial charge in [0.25, 0.3) is 5.91 Å². The van der Waals surface area contributed by atoms with Gasteiger partial charge in [0.2, 0.25) is 5.95 Å². The average Bonchev–Trinajstić information content (AvgIpc) is 3.06. The quantitative estimate of drug-likeness (QED) is 0.584. The molecule has 1 aromatic rings. The smallest absolute Gasteiger partial charge is 0.277 e. The van der Waals surface area contributed by atoms with Crippen molar-refractivity contribution in [2.24, 2.45) is 0 Å². The molecule has 2 atom stereocenters. The summed E-state index contributed by atoms with van der Waals surface area (Å²) in [6.45, 7) is 5.28. The monoisotopic (exact) mass is 263 g/mol. The number of fused-ring (bicyclic) bond motifs is 2. The summed E-state index contributed by atoms with van der Waals surface area (Å²) in [6, 6.07) is 1.07.